The predicted molar refractivity (Wildman–Crippen MR) is 90.2 cm³/mol. The molecule has 116 valence electrons. The van der Waals surface area contributed by atoms with Crippen LogP contribution in [0.25, 0.3) is 0 Å². The van der Waals surface area contributed by atoms with Crippen LogP contribution in [0.5, 0.6) is 5.75 Å². The number of amides is 1. The van der Waals surface area contributed by atoms with Crippen molar-refractivity contribution in [2.75, 3.05) is 6.54 Å². The first-order chi connectivity index (χ1) is 10.6. The Morgan fingerprint density at radius 1 is 1.45 bits per heavy atom. The summed E-state index contributed by atoms with van der Waals surface area (Å²) in [5, 5.41) is 3.45. The molecular formula is C16H16BrClN2O2. The molecule has 0 fully saturated rings. The number of carbonyl (C=O) groups excluding carboxylic acids is 1. The topological polar surface area (TPSA) is 51.2 Å². The molecule has 2 rings (SSSR count). The second-order valence-corrected chi connectivity index (χ2v) is 6.03. The maximum absolute atomic E-state index is 12.0. The third kappa shape index (κ3) is 5.00. The SMILES string of the molecule is CC(Oc1ccc(Cl)cc1Br)C(=O)NCCc1cccnc1. The van der Waals surface area contributed by atoms with Crippen molar-refractivity contribution in [1.29, 1.82) is 0 Å². The summed E-state index contributed by atoms with van der Waals surface area (Å²) >= 11 is 9.23. The van der Waals surface area contributed by atoms with Gasteiger partial charge >= 0.3 is 0 Å². The van der Waals surface area contributed by atoms with E-state index in [4.69, 9.17) is 16.3 Å². The minimum Gasteiger partial charge on any atom is -0.480 e. The number of benzene rings is 1. The van der Waals surface area contributed by atoms with Crippen molar-refractivity contribution in [2.45, 2.75) is 19.4 Å². The van der Waals surface area contributed by atoms with Gasteiger partial charge in [-0.05, 0) is 59.1 Å². The summed E-state index contributed by atoms with van der Waals surface area (Å²) in [5.41, 5.74) is 1.08. The predicted octanol–water partition coefficient (Wildman–Crippen LogP) is 3.62. The maximum atomic E-state index is 12.0. The van der Waals surface area contributed by atoms with Gasteiger partial charge < -0.3 is 10.1 Å². The van der Waals surface area contributed by atoms with E-state index in [-0.39, 0.29) is 5.91 Å². The lowest BCUT2D eigenvalue weighted by Gasteiger charge is -2.15. The number of aromatic nitrogens is 1. The fourth-order valence-corrected chi connectivity index (χ4v) is 2.61. The fourth-order valence-electron chi connectivity index (χ4n) is 1.83. The molecular weight excluding hydrogens is 368 g/mol. The smallest absolute Gasteiger partial charge is 0.260 e. The average Bonchev–Trinajstić information content (AvgIpc) is 2.51. The van der Waals surface area contributed by atoms with Gasteiger partial charge in [-0.15, -0.1) is 0 Å². The number of hydrogen-bond donors (Lipinski definition) is 1. The van der Waals surface area contributed by atoms with E-state index in [1.807, 2.05) is 12.1 Å². The highest BCUT2D eigenvalue weighted by Crippen LogP contribution is 2.28. The number of ether oxygens (including phenoxy) is 1. The van der Waals surface area contributed by atoms with E-state index in [0.717, 1.165) is 16.5 Å². The summed E-state index contributed by atoms with van der Waals surface area (Å²) in [6.07, 6.45) is 3.65. The Balaban J connectivity index is 1.82. The van der Waals surface area contributed by atoms with Gasteiger partial charge in [-0.1, -0.05) is 17.7 Å². The lowest BCUT2D eigenvalue weighted by atomic mass is 10.2. The Kier molecular flexibility index (Phi) is 6.21. The van der Waals surface area contributed by atoms with Gasteiger partial charge in [0.2, 0.25) is 0 Å². The Morgan fingerprint density at radius 3 is 2.95 bits per heavy atom. The van der Waals surface area contributed by atoms with Crippen LogP contribution in [0.4, 0.5) is 0 Å². The maximum Gasteiger partial charge on any atom is 0.260 e. The minimum atomic E-state index is -0.591. The molecule has 0 radical (unpaired) electrons. The fraction of sp³-hybridized carbons (Fsp3) is 0.250. The van der Waals surface area contributed by atoms with Crippen molar-refractivity contribution in [1.82, 2.24) is 10.3 Å². The summed E-state index contributed by atoms with van der Waals surface area (Å²) in [6.45, 7) is 2.25. The molecule has 0 saturated heterocycles. The number of rotatable bonds is 6. The summed E-state index contributed by atoms with van der Waals surface area (Å²) in [5.74, 6) is 0.421. The van der Waals surface area contributed by atoms with Crippen LogP contribution in [-0.4, -0.2) is 23.5 Å². The Bertz CT molecular complexity index is 637. The second-order valence-electron chi connectivity index (χ2n) is 4.74. The molecule has 1 aromatic heterocycles. The molecule has 0 spiro atoms. The minimum absolute atomic E-state index is 0.161. The molecule has 22 heavy (non-hydrogen) atoms. The zero-order valence-electron chi connectivity index (χ0n) is 12.1. The van der Waals surface area contributed by atoms with Gasteiger partial charge in [0, 0.05) is 24.0 Å². The van der Waals surface area contributed by atoms with Gasteiger partial charge in [0.1, 0.15) is 5.75 Å². The van der Waals surface area contributed by atoms with E-state index in [0.29, 0.717) is 17.3 Å². The zero-order valence-corrected chi connectivity index (χ0v) is 14.4. The number of carbonyl (C=O) groups is 1. The highest BCUT2D eigenvalue weighted by molar-refractivity contribution is 9.10. The van der Waals surface area contributed by atoms with Crippen molar-refractivity contribution in [3.8, 4) is 5.75 Å². The van der Waals surface area contributed by atoms with Crippen molar-refractivity contribution < 1.29 is 9.53 Å². The van der Waals surface area contributed by atoms with Crippen LogP contribution in [0.3, 0.4) is 0 Å². The molecule has 2 aromatic rings. The van der Waals surface area contributed by atoms with Gasteiger partial charge in [-0.25, -0.2) is 0 Å². The van der Waals surface area contributed by atoms with E-state index < -0.39 is 6.10 Å². The number of nitrogens with one attached hydrogen (secondary N) is 1. The zero-order chi connectivity index (χ0) is 15.9. The molecule has 0 bridgehead atoms. The van der Waals surface area contributed by atoms with Crippen LogP contribution in [0.1, 0.15) is 12.5 Å². The lowest BCUT2D eigenvalue weighted by Crippen LogP contribution is -2.37. The summed E-state index contributed by atoms with van der Waals surface area (Å²) in [7, 11) is 0. The van der Waals surface area contributed by atoms with Gasteiger partial charge in [-0.3, -0.25) is 9.78 Å². The normalized spacial score (nSPS) is 11.8. The molecule has 1 aromatic carbocycles. The van der Waals surface area contributed by atoms with E-state index >= 15 is 0 Å². The number of hydrogen-bond acceptors (Lipinski definition) is 3. The standard InChI is InChI=1S/C16H16BrClN2O2/c1-11(22-15-5-4-13(18)9-14(15)17)16(21)20-8-6-12-3-2-7-19-10-12/h2-5,7,9-11H,6,8H2,1H3,(H,20,21). The van der Waals surface area contributed by atoms with Crippen molar-refractivity contribution in [2.24, 2.45) is 0 Å². The molecule has 0 aliphatic heterocycles. The third-order valence-electron chi connectivity index (χ3n) is 3.00. The first-order valence-corrected chi connectivity index (χ1v) is 8.01. The average molecular weight is 384 g/mol. The molecule has 0 aliphatic rings. The summed E-state index contributed by atoms with van der Waals surface area (Å²) in [4.78, 5) is 16.1. The van der Waals surface area contributed by atoms with Crippen molar-refractivity contribution in [3.05, 3.63) is 57.8 Å². The number of pyridine rings is 1. The molecule has 1 unspecified atom stereocenters. The first kappa shape index (κ1) is 16.8. The second kappa shape index (κ2) is 8.15. The van der Waals surface area contributed by atoms with Crippen LogP contribution in [0, 0.1) is 0 Å². The van der Waals surface area contributed by atoms with E-state index in [2.05, 4.69) is 26.2 Å². The summed E-state index contributed by atoms with van der Waals surface area (Å²) in [6, 6.07) is 9.02. The van der Waals surface area contributed by atoms with E-state index in [1.165, 1.54) is 0 Å². The first-order valence-electron chi connectivity index (χ1n) is 6.84. The van der Waals surface area contributed by atoms with Crippen LogP contribution >= 0.6 is 27.5 Å². The third-order valence-corrected chi connectivity index (χ3v) is 3.86. The molecule has 1 amide bonds. The molecule has 0 aliphatic carbocycles. The summed E-state index contributed by atoms with van der Waals surface area (Å²) < 4.78 is 6.35. The van der Waals surface area contributed by atoms with Crippen LogP contribution < -0.4 is 10.1 Å². The number of halogens is 2. The van der Waals surface area contributed by atoms with Crippen molar-refractivity contribution in [3.63, 3.8) is 0 Å². The monoisotopic (exact) mass is 382 g/mol. The Morgan fingerprint density at radius 2 is 2.27 bits per heavy atom. The van der Waals surface area contributed by atoms with Gasteiger partial charge in [0.25, 0.3) is 5.91 Å². The molecule has 4 nitrogen and oxygen atoms in total. The lowest BCUT2D eigenvalue weighted by molar-refractivity contribution is -0.127. The van der Waals surface area contributed by atoms with E-state index in [9.17, 15) is 4.79 Å². The molecule has 1 atom stereocenters. The Hall–Kier alpha value is -1.59. The van der Waals surface area contributed by atoms with Gasteiger partial charge in [0.15, 0.2) is 6.10 Å². The molecule has 6 heteroatoms. The van der Waals surface area contributed by atoms with Crippen LogP contribution in [0.2, 0.25) is 5.02 Å². The van der Waals surface area contributed by atoms with Crippen molar-refractivity contribution >= 4 is 33.4 Å². The van der Waals surface area contributed by atoms with Gasteiger partial charge in [0.05, 0.1) is 4.47 Å². The Labute approximate surface area is 143 Å². The van der Waals surface area contributed by atoms with E-state index in [1.54, 1.807) is 37.5 Å². The molecule has 1 N–H and O–H groups in total. The largest absolute Gasteiger partial charge is 0.480 e. The number of nitrogens with zero attached hydrogens (tertiary/aromatic N) is 1. The highest BCUT2D eigenvalue weighted by atomic mass is 79.9. The molecule has 0 saturated carbocycles. The highest BCUT2D eigenvalue weighted by Gasteiger charge is 2.15. The van der Waals surface area contributed by atoms with Gasteiger partial charge in [-0.2, -0.15) is 0 Å². The quantitative estimate of drug-likeness (QED) is 0.829. The van der Waals surface area contributed by atoms with Crippen LogP contribution in [-0.2, 0) is 11.2 Å². The van der Waals surface area contributed by atoms with Crippen LogP contribution in [0.15, 0.2) is 47.2 Å². The molecule has 1 heterocycles.